The average Bonchev–Trinajstić information content (AvgIpc) is 2.95. The number of hydrogen-bond acceptors (Lipinski definition) is 3. The van der Waals surface area contributed by atoms with Crippen molar-refractivity contribution in [2.24, 2.45) is 0 Å². The Kier molecular flexibility index (Phi) is 3.88. The molecule has 0 unspecified atom stereocenters. The van der Waals surface area contributed by atoms with Crippen LogP contribution in [0.5, 0.6) is 11.5 Å². The van der Waals surface area contributed by atoms with Crippen LogP contribution in [0, 0.1) is 0 Å². The Balaban J connectivity index is 1.83. The van der Waals surface area contributed by atoms with E-state index in [1.807, 2.05) is 13.1 Å². The van der Waals surface area contributed by atoms with Crippen molar-refractivity contribution in [3.05, 3.63) is 59.7 Å². The number of hydrogen-bond donors (Lipinski definition) is 1. The van der Waals surface area contributed by atoms with Crippen LogP contribution in [0.25, 0.3) is 0 Å². The molecule has 104 valence electrons. The van der Waals surface area contributed by atoms with Gasteiger partial charge in [-0.1, -0.05) is 36.4 Å². The van der Waals surface area contributed by atoms with Crippen LogP contribution < -0.4 is 14.8 Å². The van der Waals surface area contributed by atoms with Crippen molar-refractivity contribution in [3.63, 3.8) is 0 Å². The van der Waals surface area contributed by atoms with Crippen LogP contribution in [0.1, 0.15) is 17.0 Å². The molecule has 0 aliphatic carbocycles. The predicted octanol–water partition coefficient (Wildman–Crippen LogP) is 2.96. The number of rotatable bonds is 5. The second-order valence-electron chi connectivity index (χ2n) is 5.06. The average molecular weight is 269 g/mol. The molecule has 0 aromatic heterocycles. The third-order valence-corrected chi connectivity index (χ3v) is 3.64. The van der Waals surface area contributed by atoms with Gasteiger partial charge >= 0.3 is 0 Å². The van der Waals surface area contributed by atoms with Gasteiger partial charge in [-0.05, 0) is 36.7 Å². The van der Waals surface area contributed by atoms with Gasteiger partial charge in [0.15, 0.2) is 11.5 Å². The number of benzene rings is 2. The zero-order valence-corrected chi connectivity index (χ0v) is 11.6. The molecule has 2 aromatic carbocycles. The first-order chi connectivity index (χ1) is 9.86. The number of likely N-dealkylation sites (N-methyl/N-ethyl adjacent to an activating group) is 1. The van der Waals surface area contributed by atoms with E-state index in [0.29, 0.717) is 12.7 Å². The van der Waals surface area contributed by atoms with Crippen LogP contribution in [-0.2, 0) is 6.42 Å². The van der Waals surface area contributed by atoms with Gasteiger partial charge in [-0.15, -0.1) is 0 Å². The van der Waals surface area contributed by atoms with Gasteiger partial charge in [0.25, 0.3) is 0 Å². The standard InChI is InChI=1S/C17H19NO2/c1-18-11-15(9-13-5-3-2-4-6-13)14-7-8-16-17(10-14)20-12-19-16/h2-8,10,15,18H,9,11-12H2,1H3/t15-/m0/s1. The molecule has 0 bridgehead atoms. The molecule has 3 nitrogen and oxygen atoms in total. The Labute approximate surface area is 119 Å². The van der Waals surface area contributed by atoms with E-state index >= 15 is 0 Å². The van der Waals surface area contributed by atoms with Crippen LogP contribution >= 0.6 is 0 Å². The molecule has 20 heavy (non-hydrogen) atoms. The molecular weight excluding hydrogens is 250 g/mol. The van der Waals surface area contributed by atoms with E-state index in [-0.39, 0.29) is 0 Å². The van der Waals surface area contributed by atoms with Crippen LogP contribution in [-0.4, -0.2) is 20.4 Å². The number of nitrogens with one attached hydrogen (secondary N) is 1. The van der Waals surface area contributed by atoms with E-state index in [2.05, 4.69) is 47.8 Å². The fraction of sp³-hybridized carbons (Fsp3) is 0.294. The molecule has 1 atom stereocenters. The second kappa shape index (κ2) is 5.97. The summed E-state index contributed by atoms with van der Waals surface area (Å²) >= 11 is 0. The molecule has 2 aromatic rings. The lowest BCUT2D eigenvalue weighted by Gasteiger charge is -2.17. The fourth-order valence-corrected chi connectivity index (χ4v) is 2.62. The summed E-state index contributed by atoms with van der Waals surface area (Å²) in [6.07, 6.45) is 1.02. The third-order valence-electron chi connectivity index (χ3n) is 3.64. The Morgan fingerprint density at radius 2 is 1.85 bits per heavy atom. The molecule has 0 spiro atoms. The Morgan fingerprint density at radius 1 is 1.05 bits per heavy atom. The minimum absolute atomic E-state index is 0.328. The van der Waals surface area contributed by atoms with Crippen molar-refractivity contribution >= 4 is 0 Å². The van der Waals surface area contributed by atoms with Crippen molar-refractivity contribution in [2.75, 3.05) is 20.4 Å². The van der Waals surface area contributed by atoms with E-state index in [0.717, 1.165) is 24.5 Å². The molecule has 3 rings (SSSR count). The summed E-state index contributed by atoms with van der Waals surface area (Å²) in [5.41, 5.74) is 2.64. The maximum Gasteiger partial charge on any atom is 0.231 e. The summed E-state index contributed by atoms with van der Waals surface area (Å²) in [5, 5.41) is 3.28. The maximum atomic E-state index is 5.47. The van der Waals surface area contributed by atoms with Gasteiger partial charge in [-0.2, -0.15) is 0 Å². The predicted molar refractivity (Wildman–Crippen MR) is 79.4 cm³/mol. The van der Waals surface area contributed by atoms with Gasteiger partial charge in [-0.25, -0.2) is 0 Å². The molecular formula is C17H19NO2. The molecule has 1 aliphatic rings. The van der Waals surface area contributed by atoms with E-state index in [4.69, 9.17) is 9.47 Å². The molecule has 1 aliphatic heterocycles. The molecule has 0 radical (unpaired) electrons. The molecule has 1 heterocycles. The van der Waals surface area contributed by atoms with Crippen LogP contribution in [0.2, 0.25) is 0 Å². The largest absolute Gasteiger partial charge is 0.454 e. The van der Waals surface area contributed by atoms with Gasteiger partial charge in [-0.3, -0.25) is 0 Å². The number of fused-ring (bicyclic) bond motifs is 1. The monoisotopic (exact) mass is 269 g/mol. The summed E-state index contributed by atoms with van der Waals surface area (Å²) in [7, 11) is 1.99. The Hall–Kier alpha value is -2.00. The summed E-state index contributed by atoms with van der Waals surface area (Å²) in [6.45, 7) is 1.27. The van der Waals surface area contributed by atoms with E-state index < -0.39 is 0 Å². The minimum Gasteiger partial charge on any atom is -0.454 e. The van der Waals surface area contributed by atoms with Crippen molar-refractivity contribution in [1.82, 2.24) is 5.32 Å². The van der Waals surface area contributed by atoms with Crippen LogP contribution in [0.15, 0.2) is 48.5 Å². The van der Waals surface area contributed by atoms with Crippen molar-refractivity contribution in [1.29, 1.82) is 0 Å². The zero-order chi connectivity index (χ0) is 13.8. The lowest BCUT2D eigenvalue weighted by atomic mass is 9.91. The first kappa shape index (κ1) is 13.0. The molecule has 0 fully saturated rings. The van der Waals surface area contributed by atoms with Crippen molar-refractivity contribution in [3.8, 4) is 11.5 Å². The molecule has 1 N–H and O–H groups in total. The normalized spacial score (nSPS) is 14.2. The lowest BCUT2D eigenvalue weighted by molar-refractivity contribution is 0.174. The first-order valence-corrected chi connectivity index (χ1v) is 6.95. The molecule has 3 heteroatoms. The highest BCUT2D eigenvalue weighted by molar-refractivity contribution is 5.45. The minimum atomic E-state index is 0.328. The Bertz CT molecular complexity index is 568. The van der Waals surface area contributed by atoms with Crippen LogP contribution in [0.4, 0.5) is 0 Å². The van der Waals surface area contributed by atoms with Gasteiger partial charge in [0.2, 0.25) is 6.79 Å². The third kappa shape index (κ3) is 2.78. The summed E-state index contributed by atoms with van der Waals surface area (Å²) in [4.78, 5) is 0. The second-order valence-corrected chi connectivity index (χ2v) is 5.06. The Morgan fingerprint density at radius 3 is 2.65 bits per heavy atom. The van der Waals surface area contributed by atoms with E-state index in [1.165, 1.54) is 11.1 Å². The van der Waals surface area contributed by atoms with Crippen molar-refractivity contribution < 1.29 is 9.47 Å². The molecule has 0 amide bonds. The maximum absolute atomic E-state index is 5.47. The quantitative estimate of drug-likeness (QED) is 0.905. The summed E-state index contributed by atoms with van der Waals surface area (Å²) in [6, 6.07) is 16.8. The van der Waals surface area contributed by atoms with E-state index in [9.17, 15) is 0 Å². The zero-order valence-electron chi connectivity index (χ0n) is 11.6. The summed E-state index contributed by atoms with van der Waals surface area (Å²) < 4.78 is 10.8. The van der Waals surface area contributed by atoms with Gasteiger partial charge in [0, 0.05) is 12.5 Å². The lowest BCUT2D eigenvalue weighted by Crippen LogP contribution is -2.19. The van der Waals surface area contributed by atoms with Crippen LogP contribution in [0.3, 0.4) is 0 Å². The van der Waals surface area contributed by atoms with Crippen molar-refractivity contribution in [2.45, 2.75) is 12.3 Å². The SMILES string of the molecule is CNC[C@H](Cc1ccccc1)c1ccc2c(c1)OCO2. The molecule has 0 saturated heterocycles. The molecule has 0 saturated carbocycles. The highest BCUT2D eigenvalue weighted by atomic mass is 16.7. The fourth-order valence-electron chi connectivity index (χ4n) is 2.62. The summed E-state index contributed by atoms with van der Waals surface area (Å²) in [5.74, 6) is 2.13. The highest BCUT2D eigenvalue weighted by Gasteiger charge is 2.18. The van der Waals surface area contributed by atoms with Gasteiger partial charge in [0.05, 0.1) is 0 Å². The van der Waals surface area contributed by atoms with Gasteiger partial charge in [0.1, 0.15) is 0 Å². The first-order valence-electron chi connectivity index (χ1n) is 6.95. The topological polar surface area (TPSA) is 30.5 Å². The van der Waals surface area contributed by atoms with E-state index in [1.54, 1.807) is 0 Å². The number of ether oxygens (including phenoxy) is 2. The highest BCUT2D eigenvalue weighted by Crippen LogP contribution is 2.35. The smallest absolute Gasteiger partial charge is 0.231 e. The van der Waals surface area contributed by atoms with Gasteiger partial charge < -0.3 is 14.8 Å².